The van der Waals surface area contributed by atoms with Crippen LogP contribution in [0, 0.1) is 5.82 Å². The highest BCUT2D eigenvalue weighted by Crippen LogP contribution is 2.45. The molecule has 1 aliphatic heterocycles. The van der Waals surface area contributed by atoms with E-state index in [0.717, 1.165) is 33.3 Å². The third-order valence-electron chi connectivity index (χ3n) is 6.95. The molecule has 38 heavy (non-hydrogen) atoms. The molecule has 4 aromatic carbocycles. The Hall–Kier alpha value is -4.71. The van der Waals surface area contributed by atoms with E-state index in [-0.39, 0.29) is 11.7 Å². The minimum atomic E-state index is -0.439. The molecule has 5 aromatic rings. The Kier molecular flexibility index (Phi) is 6.22. The quantitative estimate of drug-likeness (QED) is 0.267. The van der Waals surface area contributed by atoms with E-state index in [0.29, 0.717) is 29.9 Å². The molecule has 0 aliphatic carbocycles. The largest absolute Gasteiger partial charge is 0.478 e. The first-order chi connectivity index (χ1) is 18.6. The van der Waals surface area contributed by atoms with Gasteiger partial charge in [0.25, 0.3) is 5.91 Å². The first-order valence-corrected chi connectivity index (χ1v) is 12.6. The number of nitrogens with zero attached hydrogens (tertiary/aromatic N) is 2. The molecule has 0 bridgehead atoms. The van der Waals surface area contributed by atoms with Crippen molar-refractivity contribution in [2.24, 2.45) is 0 Å². The Balaban J connectivity index is 1.50. The second kappa shape index (κ2) is 9.98. The molecule has 0 saturated carbocycles. The normalized spacial score (nSPS) is 12.7. The molecule has 0 unspecified atom stereocenters. The van der Waals surface area contributed by atoms with Crippen molar-refractivity contribution in [2.45, 2.75) is 19.2 Å². The molecule has 1 aliphatic rings. The van der Waals surface area contributed by atoms with E-state index in [2.05, 4.69) is 10.3 Å². The predicted octanol–water partition coefficient (Wildman–Crippen LogP) is 6.74. The Bertz CT molecular complexity index is 1570. The van der Waals surface area contributed by atoms with Gasteiger partial charge < -0.3 is 15.0 Å². The average Bonchev–Trinajstić information content (AvgIpc) is 3.28. The van der Waals surface area contributed by atoms with Crippen LogP contribution in [0.4, 0.5) is 10.1 Å². The topological polar surface area (TPSA) is 54.5 Å². The van der Waals surface area contributed by atoms with E-state index >= 15 is 0 Å². The fraction of sp³-hybridized carbons (Fsp3) is 0.125. The molecular weight excluding hydrogens is 477 g/mol. The SMILES string of the molecule is CNc1c2c(c(OC(c3ccccc3)c3ccccc3)c3ncccc13)C(=O)N(Cc1ccc(F)cc1)C2. The molecule has 0 atom stereocenters. The zero-order valence-corrected chi connectivity index (χ0v) is 20.9. The van der Waals surface area contributed by atoms with Crippen molar-refractivity contribution >= 4 is 22.5 Å². The second-order valence-electron chi connectivity index (χ2n) is 9.31. The summed E-state index contributed by atoms with van der Waals surface area (Å²) in [7, 11) is 1.85. The van der Waals surface area contributed by atoms with Gasteiger partial charge in [-0.25, -0.2) is 4.39 Å². The Labute approximate surface area is 220 Å². The summed E-state index contributed by atoms with van der Waals surface area (Å²) < 4.78 is 20.3. The van der Waals surface area contributed by atoms with Crippen molar-refractivity contribution in [2.75, 3.05) is 12.4 Å². The van der Waals surface area contributed by atoms with Crippen LogP contribution in [-0.4, -0.2) is 22.8 Å². The number of rotatable bonds is 7. The molecule has 0 radical (unpaired) electrons. The number of benzene rings is 4. The predicted molar refractivity (Wildman–Crippen MR) is 147 cm³/mol. The summed E-state index contributed by atoms with van der Waals surface area (Å²) in [5.74, 6) is 0.0327. The standard InChI is InChI=1S/C32H26FN3O2/c1-34-28-25-13-8-18-35-29(25)31(38-30(22-9-4-2-5-10-22)23-11-6-3-7-12-23)27-26(28)20-36(32(27)37)19-21-14-16-24(33)17-15-21/h2-18,30,34H,19-20H2,1H3. The fourth-order valence-corrected chi connectivity index (χ4v) is 5.18. The maximum Gasteiger partial charge on any atom is 0.258 e. The molecule has 0 saturated heterocycles. The fourth-order valence-electron chi connectivity index (χ4n) is 5.18. The van der Waals surface area contributed by atoms with E-state index in [1.807, 2.05) is 79.8 Å². The monoisotopic (exact) mass is 503 g/mol. The van der Waals surface area contributed by atoms with Crippen LogP contribution >= 0.6 is 0 Å². The molecule has 1 amide bonds. The van der Waals surface area contributed by atoms with E-state index in [4.69, 9.17) is 4.74 Å². The molecule has 1 N–H and O–H groups in total. The highest BCUT2D eigenvalue weighted by Gasteiger charge is 2.36. The lowest BCUT2D eigenvalue weighted by Crippen LogP contribution is -2.23. The smallest absolute Gasteiger partial charge is 0.258 e. The van der Waals surface area contributed by atoms with Crippen LogP contribution in [0.3, 0.4) is 0 Å². The summed E-state index contributed by atoms with van der Waals surface area (Å²) in [6, 6.07) is 30.1. The molecule has 1 aromatic heterocycles. The number of fused-ring (bicyclic) bond motifs is 2. The minimum Gasteiger partial charge on any atom is -0.478 e. The number of carbonyl (C=O) groups excluding carboxylic acids is 1. The highest BCUT2D eigenvalue weighted by molar-refractivity contribution is 6.11. The van der Waals surface area contributed by atoms with E-state index in [9.17, 15) is 9.18 Å². The highest BCUT2D eigenvalue weighted by atomic mass is 19.1. The van der Waals surface area contributed by atoms with Crippen molar-refractivity contribution in [1.82, 2.24) is 9.88 Å². The maximum atomic E-state index is 14.0. The molecule has 0 fully saturated rings. The number of carbonyl (C=O) groups is 1. The van der Waals surface area contributed by atoms with Gasteiger partial charge in [-0.1, -0.05) is 72.8 Å². The molecule has 6 heteroatoms. The number of hydrogen-bond acceptors (Lipinski definition) is 4. The Morgan fingerprint density at radius 1 is 0.921 bits per heavy atom. The van der Waals surface area contributed by atoms with Crippen molar-refractivity contribution in [1.29, 1.82) is 0 Å². The van der Waals surface area contributed by atoms with Crippen LogP contribution in [0.25, 0.3) is 10.9 Å². The lowest BCUT2D eigenvalue weighted by Gasteiger charge is -2.23. The van der Waals surface area contributed by atoms with Gasteiger partial charge in [-0.2, -0.15) is 0 Å². The van der Waals surface area contributed by atoms with Crippen LogP contribution < -0.4 is 10.1 Å². The number of halogens is 1. The van der Waals surface area contributed by atoms with Crippen molar-refractivity contribution in [3.8, 4) is 5.75 Å². The van der Waals surface area contributed by atoms with Crippen LogP contribution in [0.1, 0.15) is 38.7 Å². The number of aromatic nitrogens is 1. The first-order valence-electron chi connectivity index (χ1n) is 12.6. The van der Waals surface area contributed by atoms with Gasteiger partial charge in [-0.3, -0.25) is 9.78 Å². The van der Waals surface area contributed by atoms with Crippen LogP contribution in [0.5, 0.6) is 5.75 Å². The molecule has 188 valence electrons. The molecule has 5 nitrogen and oxygen atoms in total. The zero-order valence-electron chi connectivity index (χ0n) is 20.9. The lowest BCUT2D eigenvalue weighted by molar-refractivity contribution is 0.0762. The summed E-state index contributed by atoms with van der Waals surface area (Å²) in [5.41, 5.74) is 5.68. The van der Waals surface area contributed by atoms with Gasteiger partial charge in [0.2, 0.25) is 0 Å². The third kappa shape index (κ3) is 4.24. The number of pyridine rings is 1. The number of amides is 1. The van der Waals surface area contributed by atoms with Crippen molar-refractivity contribution in [3.05, 3.63) is 137 Å². The molecule has 0 spiro atoms. The van der Waals surface area contributed by atoms with Crippen LogP contribution in [0.15, 0.2) is 103 Å². The average molecular weight is 504 g/mol. The Morgan fingerprint density at radius 3 is 2.21 bits per heavy atom. The number of hydrogen-bond donors (Lipinski definition) is 1. The lowest BCUT2D eigenvalue weighted by atomic mass is 9.99. The zero-order chi connectivity index (χ0) is 26.1. The molecular formula is C32H26FN3O2. The van der Waals surface area contributed by atoms with Gasteiger partial charge in [0.1, 0.15) is 17.4 Å². The van der Waals surface area contributed by atoms with Gasteiger partial charge in [-0.05, 0) is 41.0 Å². The molecule has 2 heterocycles. The summed E-state index contributed by atoms with van der Waals surface area (Å²) in [4.78, 5) is 20.4. The van der Waals surface area contributed by atoms with Gasteiger partial charge in [0.05, 0.1) is 5.56 Å². The summed E-state index contributed by atoms with van der Waals surface area (Å²) >= 11 is 0. The second-order valence-corrected chi connectivity index (χ2v) is 9.31. The summed E-state index contributed by atoms with van der Waals surface area (Å²) in [5, 5.41) is 4.19. The van der Waals surface area contributed by atoms with Crippen LogP contribution in [0.2, 0.25) is 0 Å². The number of ether oxygens (including phenoxy) is 1. The third-order valence-corrected chi connectivity index (χ3v) is 6.95. The van der Waals surface area contributed by atoms with Gasteiger partial charge in [-0.15, -0.1) is 0 Å². The summed E-state index contributed by atoms with van der Waals surface area (Å²) in [6.07, 6.45) is 1.28. The Morgan fingerprint density at radius 2 is 1.58 bits per heavy atom. The number of anilines is 1. The first kappa shape index (κ1) is 23.7. The van der Waals surface area contributed by atoms with Crippen LogP contribution in [-0.2, 0) is 13.1 Å². The number of nitrogens with one attached hydrogen (secondary N) is 1. The van der Waals surface area contributed by atoms with Gasteiger partial charge >= 0.3 is 0 Å². The maximum absolute atomic E-state index is 14.0. The van der Waals surface area contributed by atoms with Crippen molar-refractivity contribution < 1.29 is 13.9 Å². The minimum absolute atomic E-state index is 0.136. The van der Waals surface area contributed by atoms with Crippen molar-refractivity contribution in [3.63, 3.8) is 0 Å². The van der Waals surface area contributed by atoms with E-state index in [1.54, 1.807) is 23.2 Å². The molecule has 6 rings (SSSR count). The van der Waals surface area contributed by atoms with Gasteiger partial charge in [0, 0.05) is 43.0 Å². The van der Waals surface area contributed by atoms with E-state index < -0.39 is 6.10 Å². The van der Waals surface area contributed by atoms with Gasteiger partial charge in [0.15, 0.2) is 5.75 Å². The summed E-state index contributed by atoms with van der Waals surface area (Å²) in [6.45, 7) is 0.769. The van der Waals surface area contributed by atoms with E-state index in [1.165, 1.54) is 12.1 Å².